The van der Waals surface area contributed by atoms with Crippen molar-refractivity contribution < 1.29 is 19.1 Å². The summed E-state index contributed by atoms with van der Waals surface area (Å²) in [4.78, 5) is 23.3. The minimum absolute atomic E-state index is 0.139. The first kappa shape index (κ1) is 18.7. The first-order chi connectivity index (χ1) is 10.6. The molecular weight excluding hydrogens is 296 g/mol. The zero-order chi connectivity index (χ0) is 17.5. The van der Waals surface area contributed by atoms with Gasteiger partial charge in [-0.25, -0.2) is 15.0 Å². The maximum Gasteiger partial charge on any atom is 0.428 e. The largest absolute Gasteiger partial charge is 0.461 e. The topological polar surface area (TPSA) is 77.0 Å². The van der Waals surface area contributed by atoms with E-state index in [1.165, 1.54) is 6.21 Å². The molecule has 0 fully saturated rings. The molecule has 0 aliphatic heterocycles. The van der Waals surface area contributed by atoms with Crippen LogP contribution in [0, 0.1) is 5.41 Å². The van der Waals surface area contributed by atoms with Gasteiger partial charge in [-0.3, -0.25) is 0 Å². The van der Waals surface area contributed by atoms with Crippen LogP contribution in [0.5, 0.6) is 0 Å². The standard InChI is InChI=1S/C17H24N2O4/c1-16(2,3)23-15(21)19-18-11-17(4,5)12-22-14(20)13-9-7-6-8-10-13/h6-11H,12H2,1-5H3,(H,19,21)/b18-11+. The zero-order valence-corrected chi connectivity index (χ0v) is 14.3. The van der Waals surface area contributed by atoms with Gasteiger partial charge in [-0.2, -0.15) is 5.10 Å². The lowest BCUT2D eigenvalue weighted by Crippen LogP contribution is -2.31. The third-order valence-electron chi connectivity index (χ3n) is 2.55. The van der Waals surface area contributed by atoms with Crippen LogP contribution in [0.4, 0.5) is 4.79 Å². The molecule has 0 unspecified atom stereocenters. The highest BCUT2D eigenvalue weighted by Gasteiger charge is 2.20. The van der Waals surface area contributed by atoms with E-state index in [9.17, 15) is 9.59 Å². The fraction of sp³-hybridized carbons (Fsp3) is 0.471. The predicted molar refractivity (Wildman–Crippen MR) is 88.4 cm³/mol. The first-order valence-corrected chi connectivity index (χ1v) is 7.34. The number of nitrogens with one attached hydrogen (secondary N) is 1. The second-order valence-electron chi connectivity index (χ2n) is 6.80. The second-order valence-corrected chi connectivity index (χ2v) is 6.80. The summed E-state index contributed by atoms with van der Waals surface area (Å²) in [7, 11) is 0. The SMILES string of the molecule is CC(C)(/C=N/NC(=O)OC(C)(C)C)COC(=O)c1ccccc1. The molecule has 126 valence electrons. The number of benzene rings is 1. The lowest BCUT2D eigenvalue weighted by atomic mass is 9.97. The van der Waals surface area contributed by atoms with E-state index in [4.69, 9.17) is 9.47 Å². The van der Waals surface area contributed by atoms with Gasteiger partial charge in [-0.1, -0.05) is 32.0 Å². The van der Waals surface area contributed by atoms with Crippen molar-refractivity contribution in [1.29, 1.82) is 0 Å². The van der Waals surface area contributed by atoms with Crippen LogP contribution in [0.25, 0.3) is 0 Å². The van der Waals surface area contributed by atoms with Crippen molar-refractivity contribution >= 4 is 18.3 Å². The Labute approximate surface area is 136 Å². The molecule has 6 nitrogen and oxygen atoms in total. The van der Waals surface area contributed by atoms with Crippen molar-refractivity contribution in [2.75, 3.05) is 6.61 Å². The molecule has 0 spiro atoms. The van der Waals surface area contributed by atoms with E-state index in [1.54, 1.807) is 45.0 Å². The first-order valence-electron chi connectivity index (χ1n) is 7.34. The molecule has 0 radical (unpaired) electrons. The van der Waals surface area contributed by atoms with Crippen molar-refractivity contribution in [2.45, 2.75) is 40.2 Å². The average Bonchev–Trinajstić information content (AvgIpc) is 2.43. The molecule has 0 saturated heterocycles. The molecule has 0 bridgehead atoms. The van der Waals surface area contributed by atoms with Crippen LogP contribution in [0.2, 0.25) is 0 Å². The molecule has 6 heteroatoms. The van der Waals surface area contributed by atoms with Gasteiger partial charge in [0, 0.05) is 11.6 Å². The molecule has 0 atom stereocenters. The average molecular weight is 320 g/mol. The fourth-order valence-corrected chi connectivity index (χ4v) is 1.51. The van der Waals surface area contributed by atoms with Gasteiger partial charge in [0.2, 0.25) is 0 Å². The number of hydrazone groups is 1. The summed E-state index contributed by atoms with van der Waals surface area (Å²) in [5.41, 5.74) is 1.66. The number of rotatable bonds is 5. The number of hydrogen-bond acceptors (Lipinski definition) is 5. The Bertz CT molecular complexity index is 560. The molecule has 0 saturated carbocycles. The third kappa shape index (κ3) is 7.99. The Hall–Kier alpha value is -2.37. The molecular formula is C17H24N2O4. The highest BCUT2D eigenvalue weighted by Crippen LogP contribution is 2.14. The van der Waals surface area contributed by atoms with E-state index in [-0.39, 0.29) is 6.61 Å². The predicted octanol–water partition coefficient (Wildman–Crippen LogP) is 3.38. The highest BCUT2D eigenvalue weighted by atomic mass is 16.6. The summed E-state index contributed by atoms with van der Waals surface area (Å²) in [5.74, 6) is -0.396. The Morgan fingerprint density at radius 3 is 2.30 bits per heavy atom. The van der Waals surface area contributed by atoms with Crippen molar-refractivity contribution in [1.82, 2.24) is 5.43 Å². The maximum absolute atomic E-state index is 11.9. The number of esters is 1. The Morgan fingerprint density at radius 1 is 1.13 bits per heavy atom. The third-order valence-corrected chi connectivity index (χ3v) is 2.55. The van der Waals surface area contributed by atoms with Crippen LogP contribution in [0.3, 0.4) is 0 Å². The summed E-state index contributed by atoms with van der Waals surface area (Å²) in [6.45, 7) is 9.12. The van der Waals surface area contributed by atoms with Crippen LogP contribution in [-0.2, 0) is 9.47 Å². The molecule has 0 aromatic heterocycles. The van der Waals surface area contributed by atoms with E-state index in [1.807, 2.05) is 19.9 Å². The molecule has 1 rings (SSSR count). The van der Waals surface area contributed by atoms with E-state index >= 15 is 0 Å². The Morgan fingerprint density at radius 2 is 1.74 bits per heavy atom. The molecule has 1 amide bonds. The molecule has 0 heterocycles. The van der Waals surface area contributed by atoms with Gasteiger partial charge in [0.25, 0.3) is 0 Å². The zero-order valence-electron chi connectivity index (χ0n) is 14.3. The van der Waals surface area contributed by atoms with Crippen molar-refractivity contribution in [2.24, 2.45) is 10.5 Å². The number of nitrogens with zero attached hydrogens (tertiary/aromatic N) is 1. The van der Waals surface area contributed by atoms with Crippen LogP contribution < -0.4 is 5.43 Å². The Balaban J connectivity index is 2.45. The lowest BCUT2D eigenvalue weighted by molar-refractivity contribution is 0.0417. The van der Waals surface area contributed by atoms with Gasteiger partial charge in [0.15, 0.2) is 0 Å². The highest BCUT2D eigenvalue weighted by molar-refractivity contribution is 5.89. The van der Waals surface area contributed by atoms with Crippen LogP contribution in [0.15, 0.2) is 35.4 Å². The molecule has 1 aromatic rings. The second kappa shape index (κ2) is 7.76. The monoisotopic (exact) mass is 320 g/mol. The van der Waals surface area contributed by atoms with E-state index < -0.39 is 23.1 Å². The summed E-state index contributed by atoms with van der Waals surface area (Å²) in [5, 5.41) is 3.84. The van der Waals surface area contributed by atoms with Crippen molar-refractivity contribution in [3.05, 3.63) is 35.9 Å². The lowest BCUT2D eigenvalue weighted by Gasteiger charge is -2.20. The summed E-state index contributed by atoms with van der Waals surface area (Å²) in [6, 6.07) is 8.75. The van der Waals surface area contributed by atoms with Gasteiger partial charge in [-0.15, -0.1) is 0 Å². The van der Waals surface area contributed by atoms with Gasteiger partial charge < -0.3 is 9.47 Å². The molecule has 0 aliphatic rings. The molecule has 1 aromatic carbocycles. The Kier molecular flexibility index (Phi) is 6.30. The number of hydrogen-bond donors (Lipinski definition) is 1. The van der Waals surface area contributed by atoms with E-state index in [2.05, 4.69) is 10.5 Å². The maximum atomic E-state index is 11.9. The van der Waals surface area contributed by atoms with Crippen molar-refractivity contribution in [3.8, 4) is 0 Å². The van der Waals surface area contributed by atoms with Gasteiger partial charge in [-0.05, 0) is 32.9 Å². The van der Waals surface area contributed by atoms with E-state index in [0.29, 0.717) is 5.56 Å². The summed E-state index contributed by atoms with van der Waals surface area (Å²) < 4.78 is 10.3. The molecule has 1 N–H and O–H groups in total. The van der Waals surface area contributed by atoms with Gasteiger partial charge >= 0.3 is 12.1 Å². The number of carbonyl (C=O) groups is 2. The number of ether oxygens (including phenoxy) is 2. The normalized spacial score (nSPS) is 12.0. The van der Waals surface area contributed by atoms with E-state index in [0.717, 1.165) is 0 Å². The summed E-state index contributed by atoms with van der Waals surface area (Å²) >= 11 is 0. The van der Waals surface area contributed by atoms with Gasteiger partial charge in [0.05, 0.1) is 5.56 Å². The van der Waals surface area contributed by atoms with Crippen molar-refractivity contribution in [3.63, 3.8) is 0 Å². The quantitative estimate of drug-likeness (QED) is 0.512. The fourth-order valence-electron chi connectivity index (χ4n) is 1.51. The molecule has 0 aliphatic carbocycles. The number of carbonyl (C=O) groups excluding carboxylic acids is 2. The smallest absolute Gasteiger partial charge is 0.428 e. The van der Waals surface area contributed by atoms with Crippen LogP contribution >= 0.6 is 0 Å². The van der Waals surface area contributed by atoms with Crippen LogP contribution in [-0.4, -0.2) is 30.5 Å². The number of amides is 1. The van der Waals surface area contributed by atoms with Gasteiger partial charge in [0.1, 0.15) is 12.2 Å². The minimum atomic E-state index is -0.633. The molecule has 23 heavy (non-hydrogen) atoms. The minimum Gasteiger partial charge on any atom is -0.461 e. The summed E-state index contributed by atoms with van der Waals surface area (Å²) in [6.07, 6.45) is 0.876. The van der Waals surface area contributed by atoms with Crippen LogP contribution in [0.1, 0.15) is 45.0 Å².